The molecule has 3 aliphatic heterocycles. The zero-order valence-corrected chi connectivity index (χ0v) is 22.7. The molecule has 4 aromatic carbocycles. The van der Waals surface area contributed by atoms with E-state index in [-0.39, 0.29) is 27.7 Å². The average Bonchev–Trinajstić information content (AvgIpc) is 3.49. The van der Waals surface area contributed by atoms with Crippen LogP contribution in [-0.2, 0) is 10.2 Å². The maximum Gasteiger partial charge on any atom is 0.269 e. The summed E-state index contributed by atoms with van der Waals surface area (Å²) in [5.41, 5.74) is 1.51. The number of benzene rings is 4. The smallest absolute Gasteiger partial charge is 0.269 e. The Kier molecular flexibility index (Phi) is 5.85. The van der Waals surface area contributed by atoms with Crippen LogP contribution < -0.4 is 10.2 Å². The van der Waals surface area contributed by atoms with Crippen LogP contribution >= 0.6 is 11.6 Å². The maximum atomic E-state index is 14.8. The lowest BCUT2D eigenvalue weighted by molar-refractivity contribution is -0.384. The van der Waals surface area contributed by atoms with E-state index in [0.29, 0.717) is 16.9 Å². The quantitative estimate of drug-likeness (QED) is 0.175. The normalized spacial score (nSPS) is 23.2. The highest BCUT2D eigenvalue weighted by atomic mass is 35.5. The van der Waals surface area contributed by atoms with Crippen LogP contribution in [-0.4, -0.2) is 34.5 Å². The number of ketones is 2. The van der Waals surface area contributed by atoms with Crippen LogP contribution in [0.3, 0.4) is 0 Å². The number of anilines is 2. The van der Waals surface area contributed by atoms with Crippen molar-refractivity contribution in [2.45, 2.75) is 17.5 Å². The molecule has 0 aromatic heterocycles. The number of non-ortho nitro benzene ring substituents is 1. The second-order valence-electron chi connectivity index (χ2n) is 10.6. The summed E-state index contributed by atoms with van der Waals surface area (Å²) in [6.45, 7) is 0. The SMILES string of the molecule is O=C(c1ccc([N+](=O)[O-])cc1)C1C(C(=O)c2ccccc2Cl)C2(C(=O)Nc3ccccc32)C2C=Cc3ccccc3N12. The van der Waals surface area contributed by atoms with Crippen molar-refractivity contribution in [1.29, 1.82) is 0 Å². The first kappa shape index (κ1) is 25.9. The molecule has 206 valence electrons. The second-order valence-corrected chi connectivity index (χ2v) is 11.0. The van der Waals surface area contributed by atoms with Gasteiger partial charge >= 0.3 is 0 Å². The highest BCUT2D eigenvalue weighted by Gasteiger charge is 2.70. The van der Waals surface area contributed by atoms with E-state index in [1.165, 1.54) is 24.3 Å². The van der Waals surface area contributed by atoms with Crippen LogP contribution in [0.1, 0.15) is 31.8 Å². The molecule has 0 saturated carbocycles. The summed E-state index contributed by atoms with van der Waals surface area (Å²) in [5, 5.41) is 14.5. The number of fused-ring (bicyclic) bond motifs is 6. The van der Waals surface area contributed by atoms with Crippen LogP contribution in [0.4, 0.5) is 17.1 Å². The fourth-order valence-corrected chi connectivity index (χ4v) is 7.10. The van der Waals surface area contributed by atoms with Crippen molar-refractivity contribution in [3.8, 4) is 0 Å². The number of hydrogen-bond acceptors (Lipinski definition) is 6. The van der Waals surface area contributed by atoms with Gasteiger partial charge in [0.05, 0.1) is 21.9 Å². The van der Waals surface area contributed by atoms with Gasteiger partial charge in [-0.05, 0) is 47.5 Å². The molecule has 4 aromatic rings. The zero-order chi connectivity index (χ0) is 29.2. The maximum absolute atomic E-state index is 14.8. The fraction of sp³-hybridized carbons (Fsp3) is 0.121. The van der Waals surface area contributed by atoms with E-state index < -0.39 is 39.9 Å². The van der Waals surface area contributed by atoms with Crippen LogP contribution in [0.5, 0.6) is 0 Å². The minimum atomic E-state index is -1.47. The number of carbonyl (C=O) groups excluding carboxylic acids is 3. The molecule has 7 rings (SSSR count). The van der Waals surface area contributed by atoms with Gasteiger partial charge in [0.15, 0.2) is 11.6 Å². The third-order valence-corrected chi connectivity index (χ3v) is 8.92. The van der Waals surface area contributed by atoms with Crippen LogP contribution in [0, 0.1) is 16.0 Å². The van der Waals surface area contributed by atoms with E-state index in [2.05, 4.69) is 5.32 Å². The summed E-state index contributed by atoms with van der Waals surface area (Å²) in [6.07, 6.45) is 3.81. The lowest BCUT2D eigenvalue weighted by Crippen LogP contribution is -2.51. The first-order chi connectivity index (χ1) is 20.3. The first-order valence-electron chi connectivity index (χ1n) is 13.4. The Morgan fingerprint density at radius 3 is 2.33 bits per heavy atom. The van der Waals surface area contributed by atoms with E-state index in [0.717, 1.165) is 5.56 Å². The largest absolute Gasteiger partial charge is 0.352 e. The van der Waals surface area contributed by atoms with Gasteiger partial charge in [-0.25, -0.2) is 0 Å². The Labute approximate surface area is 245 Å². The summed E-state index contributed by atoms with van der Waals surface area (Å²) in [5.74, 6) is -2.44. The number of hydrogen-bond donors (Lipinski definition) is 1. The number of nitrogens with zero attached hydrogens (tertiary/aromatic N) is 2. The average molecular weight is 576 g/mol. The third kappa shape index (κ3) is 3.51. The van der Waals surface area contributed by atoms with Crippen LogP contribution in [0.25, 0.3) is 6.08 Å². The van der Waals surface area contributed by atoms with Gasteiger partial charge in [0.2, 0.25) is 5.91 Å². The number of nitro benzene ring substituents is 1. The standard InChI is InChI=1S/C33H22ClN3O5/c34-24-10-4-2-8-22(24)31(39)28-29(30(38)20-13-16-21(17-14-20)37(41)42)36-26-12-6-1-7-19(26)15-18-27(36)33(28)23-9-3-5-11-25(23)35-32(33)40/h1-18,27-29H,(H,35,40). The lowest BCUT2D eigenvalue weighted by Gasteiger charge is -2.37. The molecule has 1 N–H and O–H groups in total. The zero-order valence-electron chi connectivity index (χ0n) is 21.9. The van der Waals surface area contributed by atoms with Crippen molar-refractivity contribution in [2.24, 2.45) is 5.92 Å². The van der Waals surface area contributed by atoms with Gasteiger partial charge in [-0.1, -0.05) is 72.3 Å². The molecule has 9 heteroatoms. The van der Waals surface area contributed by atoms with Crippen molar-refractivity contribution in [3.63, 3.8) is 0 Å². The van der Waals surface area contributed by atoms with Crippen molar-refractivity contribution < 1.29 is 19.3 Å². The fourth-order valence-electron chi connectivity index (χ4n) is 6.87. The van der Waals surface area contributed by atoms with Gasteiger partial charge in [-0.2, -0.15) is 0 Å². The minimum Gasteiger partial charge on any atom is -0.352 e. The Hall–Kier alpha value is -5.08. The van der Waals surface area contributed by atoms with Crippen molar-refractivity contribution >= 4 is 52.2 Å². The van der Waals surface area contributed by atoms with Crippen molar-refractivity contribution in [1.82, 2.24) is 0 Å². The van der Waals surface area contributed by atoms with Gasteiger partial charge < -0.3 is 10.2 Å². The number of nitrogens with one attached hydrogen (secondary N) is 1. The van der Waals surface area contributed by atoms with E-state index in [1.54, 1.807) is 36.4 Å². The van der Waals surface area contributed by atoms with E-state index in [4.69, 9.17) is 11.6 Å². The number of halogens is 1. The molecule has 4 unspecified atom stereocenters. The Balaban J connectivity index is 1.52. The molecule has 3 aliphatic rings. The lowest BCUT2D eigenvalue weighted by atomic mass is 9.64. The van der Waals surface area contributed by atoms with E-state index in [9.17, 15) is 24.5 Å². The Morgan fingerprint density at radius 1 is 0.881 bits per heavy atom. The van der Waals surface area contributed by atoms with Gasteiger partial charge in [0.1, 0.15) is 11.5 Å². The highest BCUT2D eigenvalue weighted by molar-refractivity contribution is 6.34. The monoisotopic (exact) mass is 575 g/mol. The van der Waals surface area contributed by atoms with Crippen LogP contribution in [0.15, 0.2) is 103 Å². The second kappa shape index (κ2) is 9.49. The molecule has 42 heavy (non-hydrogen) atoms. The molecule has 8 nitrogen and oxygen atoms in total. The molecule has 1 spiro atoms. The highest BCUT2D eigenvalue weighted by Crippen LogP contribution is 2.58. The molecule has 1 saturated heterocycles. The first-order valence-corrected chi connectivity index (χ1v) is 13.8. The molecule has 1 fully saturated rings. The van der Waals surface area contributed by atoms with Gasteiger partial charge in [0, 0.05) is 34.6 Å². The Bertz CT molecular complexity index is 1850. The van der Waals surface area contributed by atoms with E-state index in [1.807, 2.05) is 53.5 Å². The number of Topliss-reactive ketones (excluding diaryl/α,β-unsaturated/α-hetero) is 2. The number of amides is 1. The topological polar surface area (TPSA) is 110 Å². The molecular weight excluding hydrogens is 554 g/mol. The predicted octanol–water partition coefficient (Wildman–Crippen LogP) is 6.10. The molecule has 0 bridgehead atoms. The number of carbonyl (C=O) groups is 3. The molecular formula is C33H22ClN3O5. The van der Waals surface area contributed by atoms with Crippen LogP contribution in [0.2, 0.25) is 5.02 Å². The summed E-state index contributed by atoms with van der Waals surface area (Å²) in [7, 11) is 0. The Morgan fingerprint density at radius 2 is 1.57 bits per heavy atom. The van der Waals surface area contributed by atoms with E-state index >= 15 is 0 Å². The minimum absolute atomic E-state index is 0.161. The summed E-state index contributed by atoms with van der Waals surface area (Å²) in [6, 6.07) is 24.8. The molecule has 4 atom stereocenters. The number of rotatable bonds is 5. The molecule has 3 heterocycles. The molecule has 0 aliphatic carbocycles. The number of para-hydroxylation sites is 2. The van der Waals surface area contributed by atoms with Gasteiger partial charge in [-0.15, -0.1) is 0 Å². The summed E-state index contributed by atoms with van der Waals surface area (Å²) in [4.78, 5) is 56.4. The summed E-state index contributed by atoms with van der Waals surface area (Å²) < 4.78 is 0. The third-order valence-electron chi connectivity index (χ3n) is 8.59. The molecule has 1 amide bonds. The predicted molar refractivity (Wildman–Crippen MR) is 159 cm³/mol. The van der Waals surface area contributed by atoms with Gasteiger partial charge in [0.25, 0.3) is 5.69 Å². The number of nitro groups is 1. The van der Waals surface area contributed by atoms with Crippen molar-refractivity contribution in [2.75, 3.05) is 10.2 Å². The summed E-state index contributed by atoms with van der Waals surface area (Å²) >= 11 is 6.56. The van der Waals surface area contributed by atoms with Crippen molar-refractivity contribution in [3.05, 3.63) is 141 Å². The molecule has 0 radical (unpaired) electrons. The van der Waals surface area contributed by atoms with Gasteiger partial charge in [-0.3, -0.25) is 24.5 Å².